The van der Waals surface area contributed by atoms with Crippen LogP contribution in [-0.2, 0) is 10.0 Å². The van der Waals surface area contributed by atoms with Crippen molar-refractivity contribution in [1.82, 2.24) is 4.72 Å². The summed E-state index contributed by atoms with van der Waals surface area (Å²) in [7, 11) is -3.53. The van der Waals surface area contributed by atoms with Crippen molar-refractivity contribution in [1.29, 1.82) is 0 Å². The average Bonchev–Trinajstić information content (AvgIpc) is 2.34. The summed E-state index contributed by atoms with van der Waals surface area (Å²) >= 11 is 5.97. The van der Waals surface area contributed by atoms with Crippen molar-refractivity contribution in [3.63, 3.8) is 0 Å². The van der Waals surface area contributed by atoms with Crippen LogP contribution in [0.3, 0.4) is 0 Å². The third-order valence-corrected chi connectivity index (χ3v) is 5.84. The van der Waals surface area contributed by atoms with Crippen LogP contribution in [0.4, 0.5) is 5.69 Å². The highest BCUT2D eigenvalue weighted by Crippen LogP contribution is 2.28. The Kier molecular flexibility index (Phi) is 4.62. The van der Waals surface area contributed by atoms with E-state index in [2.05, 4.69) is 11.6 Å². The van der Waals surface area contributed by atoms with Crippen LogP contribution in [0, 0.1) is 12.8 Å². The molecule has 2 rings (SSSR count). The van der Waals surface area contributed by atoms with Gasteiger partial charge in [0.15, 0.2) is 0 Å². The van der Waals surface area contributed by atoms with E-state index in [1.54, 1.807) is 13.0 Å². The molecule has 0 amide bonds. The normalized spacial score (nSPS) is 23.8. The van der Waals surface area contributed by atoms with E-state index in [-0.39, 0.29) is 10.9 Å². The highest BCUT2D eigenvalue weighted by Gasteiger charge is 2.25. The minimum absolute atomic E-state index is 0.0148. The Hall–Kier alpha value is -0.780. The monoisotopic (exact) mass is 316 g/mol. The van der Waals surface area contributed by atoms with Crippen LogP contribution in [-0.4, -0.2) is 14.5 Å². The summed E-state index contributed by atoms with van der Waals surface area (Å²) in [6.45, 7) is 3.91. The Bertz CT molecular complexity index is 578. The third-order valence-electron chi connectivity index (χ3n) is 3.82. The Labute approximate surface area is 125 Å². The summed E-state index contributed by atoms with van der Waals surface area (Å²) in [5, 5.41) is 0.412. The molecule has 4 nitrogen and oxygen atoms in total. The number of anilines is 1. The average molecular weight is 317 g/mol. The predicted octanol–water partition coefficient (Wildman–Crippen LogP) is 3.09. The molecule has 1 aliphatic carbocycles. The number of hydrogen-bond donors (Lipinski definition) is 2. The molecular formula is C14H21ClN2O2S. The van der Waals surface area contributed by atoms with Gasteiger partial charge in [-0.05, 0) is 43.4 Å². The second-order valence-electron chi connectivity index (χ2n) is 5.73. The van der Waals surface area contributed by atoms with E-state index in [4.69, 9.17) is 17.3 Å². The molecule has 2 atom stereocenters. The van der Waals surface area contributed by atoms with E-state index in [1.165, 1.54) is 12.5 Å². The molecule has 112 valence electrons. The highest BCUT2D eigenvalue weighted by molar-refractivity contribution is 7.89. The first-order valence-electron chi connectivity index (χ1n) is 6.87. The molecule has 0 aromatic heterocycles. The number of nitrogens with two attached hydrogens (primary N) is 1. The van der Waals surface area contributed by atoms with E-state index in [9.17, 15) is 8.42 Å². The molecule has 1 aliphatic rings. The van der Waals surface area contributed by atoms with Crippen LogP contribution in [0.1, 0.15) is 38.2 Å². The molecule has 1 saturated carbocycles. The van der Waals surface area contributed by atoms with Crippen LogP contribution in [0.5, 0.6) is 0 Å². The van der Waals surface area contributed by atoms with Crippen molar-refractivity contribution >= 4 is 27.3 Å². The molecule has 2 unspecified atom stereocenters. The van der Waals surface area contributed by atoms with Gasteiger partial charge in [0.1, 0.15) is 0 Å². The zero-order valence-electron chi connectivity index (χ0n) is 11.8. The third kappa shape index (κ3) is 3.45. The second kappa shape index (κ2) is 5.92. The van der Waals surface area contributed by atoms with Crippen LogP contribution >= 0.6 is 11.6 Å². The van der Waals surface area contributed by atoms with Gasteiger partial charge in [-0.1, -0.05) is 31.4 Å². The van der Waals surface area contributed by atoms with Gasteiger partial charge in [0.25, 0.3) is 0 Å². The fraction of sp³-hybridized carbons (Fsp3) is 0.571. The van der Waals surface area contributed by atoms with Gasteiger partial charge < -0.3 is 5.73 Å². The smallest absolute Gasteiger partial charge is 0.240 e. The molecule has 3 N–H and O–H groups in total. The van der Waals surface area contributed by atoms with Gasteiger partial charge in [0.05, 0.1) is 15.6 Å². The zero-order valence-corrected chi connectivity index (χ0v) is 13.4. The molecule has 1 aromatic carbocycles. The Morgan fingerprint density at radius 3 is 2.65 bits per heavy atom. The summed E-state index contributed by atoms with van der Waals surface area (Å²) in [6.07, 6.45) is 4.02. The van der Waals surface area contributed by atoms with Crippen molar-refractivity contribution in [3.8, 4) is 0 Å². The number of sulfonamides is 1. The summed E-state index contributed by atoms with van der Waals surface area (Å²) in [5.41, 5.74) is 6.72. The van der Waals surface area contributed by atoms with Gasteiger partial charge in [0.2, 0.25) is 10.0 Å². The molecule has 1 fully saturated rings. The van der Waals surface area contributed by atoms with E-state index in [1.807, 2.05) is 0 Å². The minimum Gasteiger partial charge on any atom is -0.397 e. The first kappa shape index (κ1) is 15.6. The van der Waals surface area contributed by atoms with Crippen molar-refractivity contribution in [2.24, 2.45) is 5.92 Å². The Balaban J connectivity index is 2.22. The van der Waals surface area contributed by atoms with Crippen LogP contribution in [0.25, 0.3) is 0 Å². The summed E-state index contributed by atoms with van der Waals surface area (Å²) < 4.78 is 27.6. The lowest BCUT2D eigenvalue weighted by atomic mass is 9.88. The first-order valence-corrected chi connectivity index (χ1v) is 8.73. The molecule has 6 heteroatoms. The topological polar surface area (TPSA) is 72.2 Å². The maximum Gasteiger partial charge on any atom is 0.240 e. The van der Waals surface area contributed by atoms with Crippen molar-refractivity contribution < 1.29 is 8.42 Å². The number of halogens is 1. The molecule has 1 aromatic rings. The molecule has 0 aliphatic heterocycles. The lowest BCUT2D eigenvalue weighted by molar-refractivity contribution is 0.327. The lowest BCUT2D eigenvalue weighted by Gasteiger charge is -2.27. The summed E-state index contributed by atoms with van der Waals surface area (Å²) in [5.74, 6) is 0.563. The largest absolute Gasteiger partial charge is 0.397 e. The van der Waals surface area contributed by atoms with Crippen LogP contribution < -0.4 is 10.5 Å². The fourth-order valence-corrected chi connectivity index (χ4v) is 4.26. The maximum absolute atomic E-state index is 12.4. The molecule has 20 heavy (non-hydrogen) atoms. The number of benzene rings is 1. The molecule has 0 radical (unpaired) electrons. The van der Waals surface area contributed by atoms with Gasteiger partial charge in [-0.25, -0.2) is 13.1 Å². The number of hydrogen-bond acceptors (Lipinski definition) is 3. The highest BCUT2D eigenvalue weighted by atomic mass is 35.5. The fourth-order valence-electron chi connectivity index (χ4n) is 2.75. The van der Waals surface area contributed by atoms with Gasteiger partial charge in [-0.15, -0.1) is 0 Å². The van der Waals surface area contributed by atoms with Crippen molar-refractivity contribution in [2.45, 2.75) is 50.5 Å². The van der Waals surface area contributed by atoms with E-state index in [0.717, 1.165) is 19.3 Å². The number of rotatable bonds is 3. The van der Waals surface area contributed by atoms with Crippen molar-refractivity contribution in [3.05, 3.63) is 22.7 Å². The standard InChI is InChI=1S/C14H21ClN2O2S/c1-9-4-3-5-11(6-9)17-20(18,19)12-7-10(2)14(15)13(16)8-12/h7-9,11,17H,3-6,16H2,1-2H3. The Morgan fingerprint density at radius 2 is 2.05 bits per heavy atom. The minimum atomic E-state index is -3.53. The zero-order chi connectivity index (χ0) is 14.9. The maximum atomic E-state index is 12.4. The van der Waals surface area contributed by atoms with Gasteiger partial charge in [0, 0.05) is 6.04 Å². The van der Waals surface area contributed by atoms with Gasteiger partial charge in [-0.2, -0.15) is 0 Å². The first-order chi connectivity index (χ1) is 9.29. The van der Waals surface area contributed by atoms with Crippen LogP contribution in [0.15, 0.2) is 17.0 Å². The van der Waals surface area contributed by atoms with E-state index in [0.29, 0.717) is 22.2 Å². The SMILES string of the molecule is Cc1cc(S(=O)(=O)NC2CCCC(C)C2)cc(N)c1Cl. The van der Waals surface area contributed by atoms with Gasteiger partial charge in [-0.3, -0.25) is 0 Å². The summed E-state index contributed by atoms with van der Waals surface area (Å²) in [6, 6.07) is 3.00. The second-order valence-corrected chi connectivity index (χ2v) is 7.83. The predicted molar refractivity (Wildman–Crippen MR) is 82.3 cm³/mol. The van der Waals surface area contributed by atoms with Crippen LogP contribution in [0.2, 0.25) is 5.02 Å². The number of nitrogens with one attached hydrogen (secondary N) is 1. The molecule has 0 heterocycles. The molecule has 0 bridgehead atoms. The molecular weight excluding hydrogens is 296 g/mol. The summed E-state index contributed by atoms with van der Waals surface area (Å²) in [4.78, 5) is 0.190. The van der Waals surface area contributed by atoms with E-state index < -0.39 is 10.0 Å². The molecule has 0 saturated heterocycles. The van der Waals surface area contributed by atoms with Gasteiger partial charge >= 0.3 is 0 Å². The Morgan fingerprint density at radius 1 is 1.35 bits per heavy atom. The van der Waals surface area contributed by atoms with Crippen molar-refractivity contribution in [2.75, 3.05) is 5.73 Å². The number of nitrogen functional groups attached to an aromatic ring is 1. The molecule has 0 spiro atoms. The number of aryl methyl sites for hydroxylation is 1. The lowest BCUT2D eigenvalue weighted by Crippen LogP contribution is -2.38. The quantitative estimate of drug-likeness (QED) is 0.842. The van der Waals surface area contributed by atoms with E-state index >= 15 is 0 Å².